The van der Waals surface area contributed by atoms with Gasteiger partial charge in [-0.2, -0.15) is 5.10 Å². The van der Waals surface area contributed by atoms with Crippen molar-refractivity contribution < 1.29 is 4.79 Å². The van der Waals surface area contributed by atoms with Crippen LogP contribution in [-0.4, -0.2) is 44.4 Å². The molecule has 0 N–H and O–H groups in total. The van der Waals surface area contributed by atoms with Crippen molar-refractivity contribution in [3.8, 4) is 0 Å². The maximum absolute atomic E-state index is 12.9. The summed E-state index contributed by atoms with van der Waals surface area (Å²) in [5, 5.41) is 4.23. The van der Waals surface area contributed by atoms with Gasteiger partial charge in [0.1, 0.15) is 12.7 Å². The van der Waals surface area contributed by atoms with Crippen LogP contribution in [0.1, 0.15) is 30.4 Å². The first kappa shape index (κ1) is 13.8. The Morgan fingerprint density at radius 3 is 3.09 bits per heavy atom. The topological polar surface area (TPSA) is 51.0 Å². The molecule has 2 aliphatic heterocycles. The van der Waals surface area contributed by atoms with Crippen molar-refractivity contribution in [2.75, 3.05) is 18.8 Å². The molecule has 1 aromatic carbocycles. The Morgan fingerprint density at radius 1 is 1.32 bits per heavy atom. The van der Waals surface area contributed by atoms with E-state index in [0.717, 1.165) is 31.7 Å². The summed E-state index contributed by atoms with van der Waals surface area (Å²) in [6.07, 6.45) is 5.39. The largest absolute Gasteiger partial charge is 0.340 e. The number of hydrogen-bond acceptors (Lipinski definition) is 4. The lowest BCUT2D eigenvalue weighted by atomic mass is 9.97. The van der Waals surface area contributed by atoms with Crippen LogP contribution in [0.4, 0.5) is 0 Å². The van der Waals surface area contributed by atoms with Gasteiger partial charge >= 0.3 is 0 Å². The fourth-order valence-corrected chi connectivity index (χ4v) is 4.58. The van der Waals surface area contributed by atoms with Crippen LogP contribution in [0.2, 0.25) is 0 Å². The number of rotatable bonds is 2. The van der Waals surface area contributed by atoms with Crippen LogP contribution >= 0.6 is 11.8 Å². The molecule has 1 amide bonds. The monoisotopic (exact) mass is 314 g/mol. The van der Waals surface area contributed by atoms with Crippen molar-refractivity contribution >= 4 is 17.7 Å². The number of hydrogen-bond donors (Lipinski definition) is 0. The summed E-state index contributed by atoms with van der Waals surface area (Å²) < 4.78 is 1.89. The minimum Gasteiger partial charge on any atom is -0.340 e. The van der Waals surface area contributed by atoms with Gasteiger partial charge in [0.05, 0.1) is 12.0 Å². The minimum atomic E-state index is 0.00990. The number of benzene rings is 1. The molecule has 1 fully saturated rings. The second-order valence-corrected chi connectivity index (χ2v) is 6.92. The highest BCUT2D eigenvalue weighted by molar-refractivity contribution is 7.99. The molecule has 0 saturated carbocycles. The molecule has 0 bridgehead atoms. The smallest absolute Gasteiger partial charge is 0.231 e. The lowest BCUT2D eigenvalue weighted by Gasteiger charge is -2.34. The third-order valence-electron chi connectivity index (χ3n) is 4.52. The third-order valence-corrected chi connectivity index (χ3v) is 5.70. The molecule has 0 spiro atoms. The number of amides is 1. The molecule has 3 heterocycles. The van der Waals surface area contributed by atoms with E-state index >= 15 is 0 Å². The molecule has 1 aromatic heterocycles. The molecule has 2 atom stereocenters. The standard InChI is InChI=1S/C16H18N4OS/c21-16(14-9-22-15-6-2-1-5-13(14)15)19-7-3-4-12(8-19)20-11-17-10-18-20/h1-2,5-6,10-12,14H,3-4,7-9H2/t12-,14+/m1/s1. The molecule has 1 saturated heterocycles. The predicted molar refractivity (Wildman–Crippen MR) is 84.8 cm³/mol. The third kappa shape index (κ3) is 2.41. The quantitative estimate of drug-likeness (QED) is 0.854. The van der Waals surface area contributed by atoms with E-state index in [1.54, 1.807) is 24.4 Å². The van der Waals surface area contributed by atoms with Gasteiger partial charge in [-0.3, -0.25) is 4.79 Å². The lowest BCUT2D eigenvalue weighted by molar-refractivity contribution is -0.134. The van der Waals surface area contributed by atoms with Crippen LogP contribution in [0.3, 0.4) is 0 Å². The number of carbonyl (C=O) groups excluding carboxylic acids is 1. The molecule has 6 heteroatoms. The first-order valence-corrected chi connectivity index (χ1v) is 8.66. The maximum Gasteiger partial charge on any atom is 0.231 e. The fraction of sp³-hybridized carbons (Fsp3) is 0.438. The summed E-state index contributed by atoms with van der Waals surface area (Å²) in [5.74, 6) is 1.14. The van der Waals surface area contributed by atoms with Crippen LogP contribution in [0, 0.1) is 0 Å². The average Bonchev–Trinajstić information content (AvgIpc) is 3.24. The molecule has 2 aromatic rings. The number of nitrogens with zero attached hydrogens (tertiary/aromatic N) is 4. The van der Waals surface area contributed by atoms with Gasteiger partial charge < -0.3 is 4.90 Å². The zero-order valence-electron chi connectivity index (χ0n) is 12.3. The van der Waals surface area contributed by atoms with E-state index < -0.39 is 0 Å². The first-order chi connectivity index (χ1) is 10.8. The Balaban J connectivity index is 1.51. The van der Waals surface area contributed by atoms with Crippen LogP contribution in [0.25, 0.3) is 0 Å². The van der Waals surface area contributed by atoms with Crippen molar-refractivity contribution in [1.29, 1.82) is 0 Å². The number of piperidine rings is 1. The molecule has 0 radical (unpaired) electrons. The molecule has 5 nitrogen and oxygen atoms in total. The summed E-state index contributed by atoms with van der Waals surface area (Å²) in [6.45, 7) is 1.60. The molecule has 22 heavy (non-hydrogen) atoms. The first-order valence-electron chi connectivity index (χ1n) is 7.67. The van der Waals surface area contributed by atoms with Gasteiger partial charge in [-0.05, 0) is 24.5 Å². The van der Waals surface area contributed by atoms with Crippen molar-refractivity contribution in [2.24, 2.45) is 0 Å². The van der Waals surface area contributed by atoms with Crippen molar-refractivity contribution in [3.05, 3.63) is 42.5 Å². The molecule has 114 valence electrons. The Morgan fingerprint density at radius 2 is 2.23 bits per heavy atom. The Kier molecular flexibility index (Phi) is 3.62. The zero-order valence-corrected chi connectivity index (χ0v) is 13.1. The van der Waals surface area contributed by atoms with Gasteiger partial charge in [0.15, 0.2) is 0 Å². The average molecular weight is 314 g/mol. The van der Waals surface area contributed by atoms with Crippen LogP contribution in [0.15, 0.2) is 41.8 Å². The van der Waals surface area contributed by atoms with Crippen molar-refractivity contribution in [1.82, 2.24) is 19.7 Å². The van der Waals surface area contributed by atoms with E-state index in [9.17, 15) is 4.79 Å². The lowest BCUT2D eigenvalue weighted by Crippen LogP contribution is -2.43. The van der Waals surface area contributed by atoms with E-state index in [1.807, 2.05) is 21.7 Å². The zero-order chi connectivity index (χ0) is 14.9. The molecule has 4 rings (SSSR count). The highest BCUT2D eigenvalue weighted by atomic mass is 32.2. The molecule has 0 unspecified atom stereocenters. The van der Waals surface area contributed by atoms with Crippen LogP contribution < -0.4 is 0 Å². The van der Waals surface area contributed by atoms with E-state index in [1.165, 1.54) is 10.5 Å². The van der Waals surface area contributed by atoms with E-state index in [-0.39, 0.29) is 17.9 Å². The van der Waals surface area contributed by atoms with Gasteiger partial charge in [-0.15, -0.1) is 11.8 Å². The molecular weight excluding hydrogens is 296 g/mol. The second-order valence-electron chi connectivity index (χ2n) is 5.86. The number of carbonyl (C=O) groups is 1. The number of fused-ring (bicyclic) bond motifs is 1. The second kappa shape index (κ2) is 5.76. The number of likely N-dealkylation sites (tertiary alicyclic amines) is 1. The molecule has 2 aliphatic rings. The minimum absolute atomic E-state index is 0.00990. The highest BCUT2D eigenvalue weighted by Gasteiger charge is 2.34. The summed E-state index contributed by atoms with van der Waals surface area (Å²) >= 11 is 1.79. The Bertz CT molecular complexity index is 673. The van der Waals surface area contributed by atoms with Gasteiger partial charge in [0.2, 0.25) is 5.91 Å². The highest BCUT2D eigenvalue weighted by Crippen LogP contribution is 2.40. The normalized spacial score (nSPS) is 24.3. The summed E-state index contributed by atoms with van der Waals surface area (Å²) in [4.78, 5) is 20.2. The summed E-state index contributed by atoms with van der Waals surface area (Å²) in [5.41, 5.74) is 1.19. The molecular formula is C16H18N4OS. The summed E-state index contributed by atoms with van der Waals surface area (Å²) in [7, 11) is 0. The van der Waals surface area contributed by atoms with E-state index in [4.69, 9.17) is 0 Å². The number of aromatic nitrogens is 3. The SMILES string of the molecule is O=C([C@H]1CSc2ccccc21)N1CCC[C@@H](n2cncn2)C1. The van der Waals surface area contributed by atoms with Crippen molar-refractivity contribution in [2.45, 2.75) is 29.7 Å². The van der Waals surface area contributed by atoms with E-state index in [0.29, 0.717) is 0 Å². The number of thioether (sulfide) groups is 1. The van der Waals surface area contributed by atoms with Gasteiger partial charge in [-0.1, -0.05) is 18.2 Å². The fourth-order valence-electron chi connectivity index (χ4n) is 3.36. The predicted octanol–water partition coefficient (Wildman–Crippen LogP) is 2.33. The van der Waals surface area contributed by atoms with Gasteiger partial charge in [0.25, 0.3) is 0 Å². The van der Waals surface area contributed by atoms with Crippen LogP contribution in [0.5, 0.6) is 0 Å². The maximum atomic E-state index is 12.9. The van der Waals surface area contributed by atoms with Gasteiger partial charge in [-0.25, -0.2) is 9.67 Å². The Hall–Kier alpha value is -1.82. The van der Waals surface area contributed by atoms with E-state index in [2.05, 4.69) is 22.2 Å². The van der Waals surface area contributed by atoms with Gasteiger partial charge in [0, 0.05) is 23.7 Å². The van der Waals surface area contributed by atoms with Crippen LogP contribution in [-0.2, 0) is 4.79 Å². The van der Waals surface area contributed by atoms with Crippen molar-refractivity contribution in [3.63, 3.8) is 0 Å². The summed E-state index contributed by atoms with van der Waals surface area (Å²) in [6, 6.07) is 8.53. The molecule has 0 aliphatic carbocycles. The Labute approximate surface area is 133 Å².